The summed E-state index contributed by atoms with van der Waals surface area (Å²) in [4.78, 5) is 19.9. The van der Waals surface area contributed by atoms with Crippen LogP contribution in [0.2, 0.25) is 0 Å². The number of ether oxygens (including phenoxy) is 1. The van der Waals surface area contributed by atoms with Crippen LogP contribution in [0, 0.1) is 12.7 Å². The number of piperazine rings is 1. The molecule has 1 fully saturated rings. The van der Waals surface area contributed by atoms with Gasteiger partial charge in [0.15, 0.2) is 17.3 Å². The lowest BCUT2D eigenvalue weighted by Gasteiger charge is -2.32. The Labute approximate surface area is 206 Å². The highest BCUT2D eigenvalue weighted by atomic mass is 19.1. The Hall–Kier alpha value is -4.38. The zero-order valence-electron chi connectivity index (χ0n) is 19.8. The van der Waals surface area contributed by atoms with Gasteiger partial charge in [0.1, 0.15) is 35.5 Å². The van der Waals surface area contributed by atoms with Crippen molar-refractivity contribution in [1.82, 2.24) is 34.9 Å². The number of anilines is 3. The molecule has 0 unspecified atom stereocenters. The minimum absolute atomic E-state index is 0.274. The third-order valence-corrected chi connectivity index (χ3v) is 6.23. The van der Waals surface area contributed by atoms with Crippen LogP contribution in [0.3, 0.4) is 0 Å². The van der Waals surface area contributed by atoms with Crippen LogP contribution in [0.1, 0.15) is 12.5 Å². The van der Waals surface area contributed by atoms with Gasteiger partial charge in [-0.05, 0) is 44.2 Å². The molecule has 36 heavy (non-hydrogen) atoms. The van der Waals surface area contributed by atoms with Gasteiger partial charge >= 0.3 is 0 Å². The van der Waals surface area contributed by atoms with E-state index in [9.17, 15) is 0 Å². The lowest BCUT2D eigenvalue weighted by Crippen LogP contribution is -2.49. The lowest BCUT2D eigenvalue weighted by atomic mass is 10.1. The van der Waals surface area contributed by atoms with Crippen LogP contribution in [0.5, 0.6) is 11.5 Å². The van der Waals surface area contributed by atoms with Gasteiger partial charge < -0.3 is 20.3 Å². The maximum Gasteiger partial charge on any atom is 0.160 e. The number of pyridine rings is 2. The van der Waals surface area contributed by atoms with Gasteiger partial charge in [0.25, 0.3) is 0 Å². The Kier molecular flexibility index (Phi) is 5.53. The zero-order valence-corrected chi connectivity index (χ0v) is 19.8. The molecule has 11 heteroatoms. The van der Waals surface area contributed by atoms with E-state index in [1.54, 1.807) is 41.9 Å². The molecule has 2 N–H and O–H groups in total. The number of aromatic nitrogens is 6. The number of rotatable bonds is 5. The molecule has 0 amide bonds. The second-order valence-electron chi connectivity index (χ2n) is 8.76. The van der Waals surface area contributed by atoms with Gasteiger partial charge in [-0.3, -0.25) is 0 Å². The largest absolute Gasteiger partial charge is 0.457 e. The molecule has 6 rings (SSSR count). The number of nitrogens with zero attached hydrogens (tertiary/aromatic N) is 7. The number of benzene rings is 1. The summed E-state index contributed by atoms with van der Waals surface area (Å²) in [5.41, 5.74) is 2.54. The first-order chi connectivity index (χ1) is 17.5. The Morgan fingerprint density at radius 2 is 2.03 bits per heavy atom. The average molecular weight is 486 g/mol. The Morgan fingerprint density at radius 3 is 2.92 bits per heavy atom. The summed E-state index contributed by atoms with van der Waals surface area (Å²) in [6, 6.07) is 11.1. The number of nitrogens with one attached hydrogen (secondary N) is 2. The van der Waals surface area contributed by atoms with E-state index in [0.29, 0.717) is 45.6 Å². The molecule has 4 aromatic heterocycles. The monoisotopic (exact) mass is 485 g/mol. The van der Waals surface area contributed by atoms with Gasteiger partial charge in [-0.1, -0.05) is 0 Å². The van der Waals surface area contributed by atoms with E-state index in [-0.39, 0.29) is 5.69 Å². The molecule has 1 aliphatic heterocycles. The molecular formula is C25H24FN9O. The van der Waals surface area contributed by atoms with E-state index in [4.69, 9.17) is 9.72 Å². The van der Waals surface area contributed by atoms with Crippen LogP contribution in [0.25, 0.3) is 16.7 Å². The van der Waals surface area contributed by atoms with Gasteiger partial charge in [-0.15, -0.1) is 0 Å². The highest BCUT2D eigenvalue weighted by Crippen LogP contribution is 2.33. The Bertz CT molecular complexity index is 1570. The molecule has 1 aromatic carbocycles. The van der Waals surface area contributed by atoms with Gasteiger partial charge in [0.05, 0.1) is 11.2 Å². The third kappa shape index (κ3) is 4.13. The van der Waals surface area contributed by atoms with Crippen LogP contribution in [0.15, 0.2) is 55.2 Å². The van der Waals surface area contributed by atoms with Gasteiger partial charge in [-0.2, -0.15) is 5.10 Å². The molecule has 5 heterocycles. The maximum atomic E-state index is 15.4. The van der Waals surface area contributed by atoms with Crippen molar-refractivity contribution in [3.05, 3.63) is 66.6 Å². The summed E-state index contributed by atoms with van der Waals surface area (Å²) in [6.45, 7) is 6.43. The number of fused-ring (bicyclic) bond motifs is 2. The molecule has 0 bridgehead atoms. The minimum Gasteiger partial charge on any atom is -0.457 e. The maximum absolute atomic E-state index is 15.4. The van der Waals surface area contributed by atoms with Crippen molar-refractivity contribution in [2.24, 2.45) is 0 Å². The standard InChI is InChI=1S/C25H24FN9O/c1-15-12-34(10-8-27-15)21-6-4-19-24(33-21)25(30-13-28-19)32-18-3-5-20(16(2)23(18)26)36-17-7-9-35-22(11-17)29-14-31-35/h3-7,9,11,13-15,27H,8,10,12H2,1-2H3,(H,28,30,32)/t15-/m1/s1. The van der Waals surface area contributed by atoms with Crippen molar-refractivity contribution in [2.45, 2.75) is 19.9 Å². The fourth-order valence-electron chi connectivity index (χ4n) is 4.33. The van der Waals surface area contributed by atoms with E-state index in [2.05, 4.69) is 42.5 Å². The van der Waals surface area contributed by atoms with Gasteiger partial charge in [0.2, 0.25) is 0 Å². The van der Waals surface area contributed by atoms with E-state index in [1.165, 1.54) is 12.7 Å². The Balaban J connectivity index is 1.29. The first-order valence-corrected chi connectivity index (χ1v) is 11.7. The Morgan fingerprint density at radius 1 is 1.11 bits per heavy atom. The fourth-order valence-corrected chi connectivity index (χ4v) is 4.33. The minimum atomic E-state index is -0.435. The second kappa shape index (κ2) is 9.00. The van der Waals surface area contributed by atoms with Crippen molar-refractivity contribution in [2.75, 3.05) is 29.9 Å². The summed E-state index contributed by atoms with van der Waals surface area (Å²) >= 11 is 0. The summed E-state index contributed by atoms with van der Waals surface area (Å²) in [5, 5.41) is 10.6. The molecule has 182 valence electrons. The van der Waals surface area contributed by atoms with E-state index in [0.717, 1.165) is 25.5 Å². The molecule has 0 saturated carbocycles. The summed E-state index contributed by atoms with van der Waals surface area (Å²) in [5.74, 6) is 1.80. The normalized spacial score (nSPS) is 16.0. The molecule has 0 spiro atoms. The van der Waals surface area contributed by atoms with Crippen LogP contribution in [-0.4, -0.2) is 55.2 Å². The van der Waals surface area contributed by atoms with Crippen molar-refractivity contribution in [1.29, 1.82) is 0 Å². The predicted octanol–water partition coefficient (Wildman–Crippen LogP) is 3.85. The van der Waals surface area contributed by atoms with Crippen molar-refractivity contribution in [3.8, 4) is 11.5 Å². The molecule has 5 aromatic rings. The van der Waals surface area contributed by atoms with Crippen molar-refractivity contribution < 1.29 is 9.13 Å². The van der Waals surface area contributed by atoms with Gasteiger partial charge in [0, 0.05) is 43.5 Å². The predicted molar refractivity (Wildman–Crippen MR) is 134 cm³/mol. The molecule has 10 nitrogen and oxygen atoms in total. The highest BCUT2D eigenvalue weighted by Gasteiger charge is 2.19. The molecule has 0 radical (unpaired) electrons. The number of halogens is 1. The molecule has 0 aliphatic carbocycles. The highest BCUT2D eigenvalue weighted by molar-refractivity contribution is 5.88. The van der Waals surface area contributed by atoms with Crippen LogP contribution in [0.4, 0.5) is 21.7 Å². The summed E-state index contributed by atoms with van der Waals surface area (Å²) in [7, 11) is 0. The number of hydrogen-bond acceptors (Lipinski definition) is 9. The summed E-state index contributed by atoms with van der Waals surface area (Å²) < 4.78 is 23.0. The van der Waals surface area contributed by atoms with Crippen LogP contribution in [-0.2, 0) is 0 Å². The molecule has 1 saturated heterocycles. The molecule has 1 aliphatic rings. The van der Waals surface area contributed by atoms with Crippen LogP contribution >= 0.6 is 0 Å². The van der Waals surface area contributed by atoms with Gasteiger partial charge in [-0.25, -0.2) is 28.8 Å². The van der Waals surface area contributed by atoms with Crippen molar-refractivity contribution >= 4 is 34.0 Å². The van der Waals surface area contributed by atoms with E-state index in [1.807, 2.05) is 12.1 Å². The smallest absolute Gasteiger partial charge is 0.160 e. The zero-order chi connectivity index (χ0) is 24.6. The summed E-state index contributed by atoms with van der Waals surface area (Å²) in [6.07, 6.45) is 4.65. The number of hydrogen-bond donors (Lipinski definition) is 2. The second-order valence-corrected chi connectivity index (χ2v) is 8.76. The first-order valence-electron chi connectivity index (χ1n) is 11.7. The molecule has 1 atom stereocenters. The van der Waals surface area contributed by atoms with E-state index < -0.39 is 5.82 Å². The van der Waals surface area contributed by atoms with E-state index >= 15 is 4.39 Å². The SMILES string of the molecule is Cc1c(Oc2ccn3ncnc3c2)ccc(Nc2ncnc3ccc(N4CCN[C@H](C)C4)nc23)c1F. The quantitative estimate of drug-likeness (QED) is 0.384. The average Bonchev–Trinajstić information content (AvgIpc) is 3.36. The fraction of sp³-hybridized carbons (Fsp3) is 0.240. The molecular weight excluding hydrogens is 461 g/mol. The van der Waals surface area contributed by atoms with Crippen LogP contribution < -0.4 is 20.3 Å². The third-order valence-electron chi connectivity index (χ3n) is 6.23. The van der Waals surface area contributed by atoms with Crippen molar-refractivity contribution in [3.63, 3.8) is 0 Å². The first kappa shape index (κ1) is 22.1. The topological polar surface area (TPSA) is 105 Å². The lowest BCUT2D eigenvalue weighted by molar-refractivity contribution is 0.471.